The number of nitrogens with one attached hydrogen (secondary N) is 1. The van der Waals surface area contributed by atoms with Crippen molar-refractivity contribution < 1.29 is 14.5 Å². The van der Waals surface area contributed by atoms with E-state index in [4.69, 9.17) is 12.2 Å². The topological polar surface area (TPSA) is 92.6 Å². The first-order valence-corrected chi connectivity index (χ1v) is 7.90. The molecule has 0 saturated carbocycles. The minimum atomic E-state index is -0.631. The van der Waals surface area contributed by atoms with Crippen LogP contribution in [0.1, 0.15) is 4.88 Å². The average Bonchev–Trinajstić information content (AvgIpc) is 3.01. The number of carbonyl (C=O) groups is 2. The lowest BCUT2D eigenvalue weighted by Crippen LogP contribution is -2.54. The summed E-state index contributed by atoms with van der Waals surface area (Å²) < 4.78 is 0. The van der Waals surface area contributed by atoms with E-state index in [2.05, 4.69) is 5.32 Å². The third-order valence-corrected chi connectivity index (χ3v) is 4.46. The van der Waals surface area contributed by atoms with Gasteiger partial charge < -0.3 is 0 Å². The molecule has 9 heteroatoms. The monoisotopic (exact) mass is 359 g/mol. The molecule has 1 aromatic heterocycles. The SMILES string of the molecule is O=C1NC(=S)N(c2ccccc2)C(=O)/C1=C/c1ccc([N+](=O)[O-])s1. The van der Waals surface area contributed by atoms with Crippen molar-refractivity contribution in [3.8, 4) is 0 Å². The molecule has 1 aliphatic heterocycles. The maximum atomic E-state index is 12.7. The van der Waals surface area contributed by atoms with Crippen molar-refractivity contribution in [1.82, 2.24) is 5.32 Å². The lowest BCUT2D eigenvalue weighted by molar-refractivity contribution is -0.380. The van der Waals surface area contributed by atoms with Gasteiger partial charge in [-0.2, -0.15) is 0 Å². The van der Waals surface area contributed by atoms with Crippen LogP contribution in [0.5, 0.6) is 0 Å². The summed E-state index contributed by atoms with van der Waals surface area (Å²) in [4.78, 5) is 36.6. The minimum absolute atomic E-state index is 0.00879. The molecule has 1 aromatic carbocycles. The summed E-state index contributed by atoms with van der Waals surface area (Å²) in [6, 6.07) is 11.5. The predicted molar refractivity (Wildman–Crippen MR) is 93.6 cm³/mol. The van der Waals surface area contributed by atoms with Gasteiger partial charge in [-0.15, -0.1) is 0 Å². The molecule has 1 N–H and O–H groups in total. The molecule has 1 fully saturated rings. The Kier molecular flexibility index (Phi) is 4.19. The van der Waals surface area contributed by atoms with Crippen molar-refractivity contribution in [1.29, 1.82) is 0 Å². The van der Waals surface area contributed by atoms with Crippen molar-refractivity contribution in [3.63, 3.8) is 0 Å². The van der Waals surface area contributed by atoms with Gasteiger partial charge in [0, 0.05) is 10.9 Å². The summed E-state index contributed by atoms with van der Waals surface area (Å²) in [7, 11) is 0. The van der Waals surface area contributed by atoms with Crippen LogP contribution < -0.4 is 10.2 Å². The highest BCUT2D eigenvalue weighted by molar-refractivity contribution is 7.80. The van der Waals surface area contributed by atoms with Crippen LogP contribution in [0.3, 0.4) is 0 Å². The van der Waals surface area contributed by atoms with E-state index in [1.165, 1.54) is 23.1 Å². The van der Waals surface area contributed by atoms with E-state index >= 15 is 0 Å². The number of para-hydroxylation sites is 1. The van der Waals surface area contributed by atoms with Gasteiger partial charge in [-0.1, -0.05) is 29.5 Å². The first-order valence-electron chi connectivity index (χ1n) is 6.68. The molecule has 0 unspecified atom stereocenters. The summed E-state index contributed by atoms with van der Waals surface area (Å²) in [5.41, 5.74) is 0.389. The van der Waals surface area contributed by atoms with Crippen LogP contribution >= 0.6 is 23.6 Å². The van der Waals surface area contributed by atoms with Crippen molar-refractivity contribution in [3.05, 3.63) is 63.0 Å². The first kappa shape index (κ1) is 16.0. The van der Waals surface area contributed by atoms with E-state index in [1.54, 1.807) is 30.3 Å². The maximum absolute atomic E-state index is 12.7. The van der Waals surface area contributed by atoms with Crippen molar-refractivity contribution in [2.45, 2.75) is 0 Å². The van der Waals surface area contributed by atoms with Crippen LogP contribution in [-0.2, 0) is 9.59 Å². The highest BCUT2D eigenvalue weighted by Crippen LogP contribution is 2.27. The second kappa shape index (κ2) is 6.30. The fraction of sp³-hybridized carbons (Fsp3) is 0. The van der Waals surface area contributed by atoms with Gasteiger partial charge in [0.05, 0.1) is 10.6 Å². The Labute approximate surface area is 145 Å². The second-order valence-corrected chi connectivity index (χ2v) is 6.21. The van der Waals surface area contributed by atoms with Gasteiger partial charge in [-0.3, -0.25) is 29.9 Å². The van der Waals surface area contributed by atoms with Crippen LogP contribution in [0, 0.1) is 10.1 Å². The molecule has 0 radical (unpaired) electrons. The molecular formula is C15H9N3O4S2. The summed E-state index contributed by atoms with van der Waals surface area (Å²) in [5, 5.41) is 13.1. The zero-order valence-electron chi connectivity index (χ0n) is 12.0. The number of rotatable bonds is 3. The second-order valence-electron chi connectivity index (χ2n) is 4.73. The maximum Gasteiger partial charge on any atom is 0.324 e. The van der Waals surface area contributed by atoms with Crippen molar-refractivity contribution >= 4 is 57.2 Å². The van der Waals surface area contributed by atoms with Gasteiger partial charge in [0.1, 0.15) is 5.57 Å². The number of thiocarbonyl (C=S) groups is 1. The number of hydrogen-bond donors (Lipinski definition) is 1. The van der Waals surface area contributed by atoms with Gasteiger partial charge in [-0.25, -0.2) is 0 Å². The third kappa shape index (κ3) is 2.94. The van der Waals surface area contributed by atoms with Gasteiger partial charge in [0.15, 0.2) is 5.11 Å². The highest BCUT2D eigenvalue weighted by atomic mass is 32.1. The normalized spacial score (nSPS) is 16.4. The van der Waals surface area contributed by atoms with E-state index in [9.17, 15) is 19.7 Å². The number of nitro groups is 1. The standard InChI is InChI=1S/C15H9N3O4S2/c19-13-11(8-10-6-7-12(24-10)18(21)22)14(20)17(15(23)16-13)9-4-2-1-3-5-9/h1-8H,(H,16,19,23)/b11-8+. The molecule has 2 amide bonds. The lowest BCUT2D eigenvalue weighted by Gasteiger charge is -2.28. The molecule has 0 bridgehead atoms. The fourth-order valence-corrected chi connectivity index (χ4v) is 3.18. The first-order chi connectivity index (χ1) is 11.5. The number of amides is 2. The highest BCUT2D eigenvalue weighted by Gasteiger charge is 2.34. The van der Waals surface area contributed by atoms with E-state index in [0.717, 1.165) is 11.3 Å². The van der Waals surface area contributed by atoms with Crippen LogP contribution in [0.25, 0.3) is 6.08 Å². The quantitative estimate of drug-likeness (QED) is 0.299. The van der Waals surface area contributed by atoms with Crippen LogP contribution in [0.15, 0.2) is 48.0 Å². The van der Waals surface area contributed by atoms with Gasteiger partial charge in [0.25, 0.3) is 11.8 Å². The molecule has 2 aromatic rings. The molecule has 3 rings (SSSR count). The van der Waals surface area contributed by atoms with Crippen molar-refractivity contribution in [2.24, 2.45) is 0 Å². The Balaban J connectivity index is 1.99. The number of hydrogen-bond acceptors (Lipinski definition) is 6. The molecule has 24 heavy (non-hydrogen) atoms. The van der Waals surface area contributed by atoms with Crippen LogP contribution in [0.4, 0.5) is 10.7 Å². The van der Waals surface area contributed by atoms with Crippen LogP contribution in [0.2, 0.25) is 0 Å². The Morgan fingerprint density at radius 3 is 2.50 bits per heavy atom. The molecule has 1 aliphatic rings. The molecular weight excluding hydrogens is 350 g/mol. The minimum Gasteiger partial charge on any atom is -0.298 e. The molecule has 0 atom stereocenters. The zero-order chi connectivity index (χ0) is 17.3. The smallest absolute Gasteiger partial charge is 0.298 e. The van der Waals surface area contributed by atoms with Gasteiger partial charge in [-0.05, 0) is 36.5 Å². The predicted octanol–water partition coefficient (Wildman–Crippen LogP) is 2.49. The van der Waals surface area contributed by atoms with Crippen molar-refractivity contribution in [2.75, 3.05) is 4.90 Å². The summed E-state index contributed by atoms with van der Waals surface area (Å²) in [6.07, 6.45) is 1.33. The van der Waals surface area contributed by atoms with Crippen LogP contribution in [-0.4, -0.2) is 21.9 Å². The number of carbonyl (C=O) groups excluding carboxylic acids is 2. The summed E-state index contributed by atoms with van der Waals surface area (Å²) in [6.45, 7) is 0. The molecule has 1 saturated heterocycles. The van der Waals surface area contributed by atoms with E-state index < -0.39 is 16.7 Å². The molecule has 7 nitrogen and oxygen atoms in total. The largest absolute Gasteiger partial charge is 0.324 e. The molecule has 120 valence electrons. The van der Waals surface area contributed by atoms with Gasteiger partial charge in [0.2, 0.25) is 0 Å². The number of nitrogens with zero attached hydrogens (tertiary/aromatic N) is 2. The average molecular weight is 359 g/mol. The molecule has 0 aliphatic carbocycles. The van der Waals surface area contributed by atoms with Gasteiger partial charge >= 0.3 is 5.00 Å². The van der Waals surface area contributed by atoms with E-state index in [0.29, 0.717) is 10.6 Å². The number of benzene rings is 1. The summed E-state index contributed by atoms with van der Waals surface area (Å²) in [5.74, 6) is -1.21. The Hall–Kier alpha value is -2.91. The zero-order valence-corrected chi connectivity index (χ0v) is 13.6. The Morgan fingerprint density at radius 1 is 1.17 bits per heavy atom. The molecule has 0 spiro atoms. The number of anilines is 1. The Morgan fingerprint density at radius 2 is 1.88 bits per heavy atom. The Bertz CT molecular complexity index is 889. The van der Waals surface area contributed by atoms with E-state index in [-0.39, 0.29) is 15.7 Å². The summed E-state index contributed by atoms with van der Waals surface area (Å²) >= 11 is 5.96. The third-order valence-electron chi connectivity index (χ3n) is 3.20. The van der Waals surface area contributed by atoms with E-state index in [1.807, 2.05) is 0 Å². The lowest BCUT2D eigenvalue weighted by atomic mass is 10.1. The molecule has 2 heterocycles. The fourth-order valence-electron chi connectivity index (χ4n) is 2.13. The number of thiophene rings is 1.